The monoisotopic (exact) mass is 214 g/mol. The van der Waals surface area contributed by atoms with Crippen LogP contribution < -0.4 is 0 Å². The van der Waals surface area contributed by atoms with Gasteiger partial charge in [-0.15, -0.1) is 0 Å². The molecule has 0 saturated heterocycles. The van der Waals surface area contributed by atoms with Crippen molar-refractivity contribution in [3.8, 4) is 0 Å². The lowest BCUT2D eigenvalue weighted by atomic mass is 9.82. The quantitative estimate of drug-likeness (QED) is 0.644. The van der Waals surface area contributed by atoms with Crippen molar-refractivity contribution >= 4 is 11.6 Å². The smallest absolute Gasteiger partial charge is 0.0824 e. The number of rotatable bonds is 1. The summed E-state index contributed by atoms with van der Waals surface area (Å²) in [6, 6.07) is 0. The van der Waals surface area contributed by atoms with Crippen LogP contribution >= 0.6 is 11.6 Å². The molecule has 0 aromatic carbocycles. The van der Waals surface area contributed by atoms with Crippen LogP contribution in [0.25, 0.3) is 0 Å². The molecule has 1 aliphatic carbocycles. The molecule has 1 unspecified atom stereocenters. The SMILES string of the molecule is CC1=C(Cl)CCOC1C1CCCCC1. The third kappa shape index (κ3) is 2.14. The van der Waals surface area contributed by atoms with Gasteiger partial charge in [0.25, 0.3) is 0 Å². The van der Waals surface area contributed by atoms with Crippen LogP contribution in [0.1, 0.15) is 45.4 Å². The van der Waals surface area contributed by atoms with E-state index in [0.29, 0.717) is 6.10 Å². The Hall–Kier alpha value is -0.0100. The highest BCUT2D eigenvalue weighted by atomic mass is 35.5. The molecule has 2 rings (SSSR count). The Morgan fingerprint density at radius 3 is 2.64 bits per heavy atom. The number of halogens is 1. The average molecular weight is 215 g/mol. The molecule has 1 saturated carbocycles. The third-order valence-electron chi connectivity index (χ3n) is 3.55. The standard InChI is InChI=1S/C12H19ClO/c1-9-11(13)7-8-14-12(9)10-5-3-2-4-6-10/h10,12H,2-8H2,1H3. The lowest BCUT2D eigenvalue weighted by Crippen LogP contribution is -2.30. The fourth-order valence-electron chi connectivity index (χ4n) is 2.68. The van der Waals surface area contributed by atoms with Gasteiger partial charge in [0.1, 0.15) is 0 Å². The van der Waals surface area contributed by atoms with E-state index in [0.717, 1.165) is 24.0 Å². The molecular formula is C12H19ClO. The van der Waals surface area contributed by atoms with Gasteiger partial charge in [-0.3, -0.25) is 0 Å². The summed E-state index contributed by atoms with van der Waals surface area (Å²) < 4.78 is 5.86. The maximum atomic E-state index is 6.18. The third-order valence-corrected chi connectivity index (χ3v) is 4.04. The van der Waals surface area contributed by atoms with E-state index < -0.39 is 0 Å². The van der Waals surface area contributed by atoms with Crippen molar-refractivity contribution in [2.75, 3.05) is 6.61 Å². The lowest BCUT2D eigenvalue weighted by Gasteiger charge is -2.34. The summed E-state index contributed by atoms with van der Waals surface area (Å²) in [5.41, 5.74) is 1.30. The van der Waals surface area contributed by atoms with Crippen LogP contribution in [-0.2, 0) is 4.74 Å². The molecule has 80 valence electrons. The first kappa shape index (κ1) is 10.5. The predicted octanol–water partition coefficient (Wildman–Crippen LogP) is 3.87. The second-order valence-electron chi connectivity index (χ2n) is 4.53. The fraction of sp³-hybridized carbons (Fsp3) is 0.833. The van der Waals surface area contributed by atoms with Crippen LogP contribution in [-0.4, -0.2) is 12.7 Å². The predicted molar refractivity (Wildman–Crippen MR) is 59.5 cm³/mol. The molecule has 0 amide bonds. The van der Waals surface area contributed by atoms with Gasteiger partial charge in [-0.2, -0.15) is 0 Å². The Balaban J connectivity index is 2.05. The van der Waals surface area contributed by atoms with Gasteiger partial charge in [0.2, 0.25) is 0 Å². The minimum absolute atomic E-state index is 0.330. The second kappa shape index (κ2) is 4.67. The fourth-order valence-corrected chi connectivity index (χ4v) is 2.86. The van der Waals surface area contributed by atoms with Crippen LogP contribution in [0.2, 0.25) is 0 Å². The Kier molecular flexibility index (Phi) is 3.51. The van der Waals surface area contributed by atoms with E-state index >= 15 is 0 Å². The van der Waals surface area contributed by atoms with Gasteiger partial charge < -0.3 is 4.74 Å². The Labute approximate surface area is 91.5 Å². The van der Waals surface area contributed by atoms with Crippen molar-refractivity contribution in [3.63, 3.8) is 0 Å². The van der Waals surface area contributed by atoms with Crippen molar-refractivity contribution in [2.24, 2.45) is 5.92 Å². The van der Waals surface area contributed by atoms with Gasteiger partial charge in [0.05, 0.1) is 12.7 Å². The summed E-state index contributed by atoms with van der Waals surface area (Å²) in [5, 5.41) is 1.05. The van der Waals surface area contributed by atoms with E-state index in [9.17, 15) is 0 Å². The number of hydrogen-bond acceptors (Lipinski definition) is 1. The van der Waals surface area contributed by atoms with Crippen molar-refractivity contribution in [2.45, 2.75) is 51.6 Å². The van der Waals surface area contributed by atoms with Crippen LogP contribution in [0.3, 0.4) is 0 Å². The van der Waals surface area contributed by atoms with E-state index in [1.54, 1.807) is 0 Å². The Morgan fingerprint density at radius 1 is 1.21 bits per heavy atom. The summed E-state index contributed by atoms with van der Waals surface area (Å²) in [6.45, 7) is 2.96. The topological polar surface area (TPSA) is 9.23 Å². The largest absolute Gasteiger partial charge is 0.373 e. The molecular weight excluding hydrogens is 196 g/mol. The zero-order chi connectivity index (χ0) is 9.97. The summed E-state index contributed by atoms with van der Waals surface area (Å²) in [5.74, 6) is 0.734. The molecule has 0 bridgehead atoms. The zero-order valence-corrected chi connectivity index (χ0v) is 9.65. The minimum atomic E-state index is 0.330. The van der Waals surface area contributed by atoms with Crippen LogP contribution in [0, 0.1) is 5.92 Å². The van der Waals surface area contributed by atoms with Crippen LogP contribution in [0.15, 0.2) is 10.6 Å². The van der Waals surface area contributed by atoms with Gasteiger partial charge in [-0.25, -0.2) is 0 Å². The number of ether oxygens (including phenoxy) is 1. The normalized spacial score (nSPS) is 30.9. The second-order valence-corrected chi connectivity index (χ2v) is 4.98. The molecule has 0 spiro atoms. The van der Waals surface area contributed by atoms with Crippen molar-refractivity contribution in [3.05, 3.63) is 10.6 Å². The van der Waals surface area contributed by atoms with Crippen LogP contribution in [0.4, 0.5) is 0 Å². The molecule has 1 aliphatic heterocycles. The highest BCUT2D eigenvalue weighted by molar-refractivity contribution is 6.30. The maximum Gasteiger partial charge on any atom is 0.0824 e. The molecule has 0 aromatic heterocycles. The van der Waals surface area contributed by atoms with E-state index in [1.807, 2.05) is 0 Å². The van der Waals surface area contributed by atoms with E-state index in [2.05, 4.69) is 6.92 Å². The lowest BCUT2D eigenvalue weighted by molar-refractivity contribution is 0.0174. The molecule has 1 heterocycles. The molecule has 0 radical (unpaired) electrons. The minimum Gasteiger partial charge on any atom is -0.373 e. The first-order valence-electron chi connectivity index (χ1n) is 5.76. The molecule has 1 nitrogen and oxygen atoms in total. The van der Waals surface area contributed by atoms with Crippen molar-refractivity contribution < 1.29 is 4.74 Å². The van der Waals surface area contributed by atoms with Gasteiger partial charge in [-0.1, -0.05) is 30.9 Å². The molecule has 14 heavy (non-hydrogen) atoms. The summed E-state index contributed by atoms with van der Waals surface area (Å²) in [6.07, 6.45) is 8.04. The Morgan fingerprint density at radius 2 is 1.93 bits per heavy atom. The first-order valence-corrected chi connectivity index (χ1v) is 6.13. The average Bonchev–Trinajstić information content (AvgIpc) is 2.23. The highest BCUT2D eigenvalue weighted by Crippen LogP contribution is 2.35. The van der Waals surface area contributed by atoms with Crippen molar-refractivity contribution in [1.29, 1.82) is 0 Å². The highest BCUT2D eigenvalue weighted by Gasteiger charge is 2.29. The van der Waals surface area contributed by atoms with Gasteiger partial charge in [-0.05, 0) is 31.3 Å². The molecule has 2 aliphatic rings. The molecule has 2 heteroatoms. The summed E-state index contributed by atoms with van der Waals surface area (Å²) in [4.78, 5) is 0. The van der Waals surface area contributed by atoms with Gasteiger partial charge in [0.15, 0.2) is 0 Å². The zero-order valence-electron chi connectivity index (χ0n) is 8.89. The summed E-state index contributed by atoms with van der Waals surface area (Å²) in [7, 11) is 0. The first-order chi connectivity index (χ1) is 6.79. The van der Waals surface area contributed by atoms with Gasteiger partial charge in [0, 0.05) is 11.5 Å². The Bertz CT molecular complexity index is 228. The number of hydrogen-bond donors (Lipinski definition) is 0. The molecule has 0 N–H and O–H groups in total. The van der Waals surface area contributed by atoms with E-state index in [-0.39, 0.29) is 0 Å². The molecule has 1 atom stereocenters. The van der Waals surface area contributed by atoms with E-state index in [4.69, 9.17) is 16.3 Å². The van der Waals surface area contributed by atoms with Crippen LogP contribution in [0.5, 0.6) is 0 Å². The van der Waals surface area contributed by atoms with E-state index in [1.165, 1.54) is 37.7 Å². The van der Waals surface area contributed by atoms with Crippen molar-refractivity contribution in [1.82, 2.24) is 0 Å². The molecule has 1 fully saturated rings. The maximum absolute atomic E-state index is 6.18. The molecule has 0 aromatic rings. The summed E-state index contributed by atoms with van der Waals surface area (Å²) >= 11 is 6.18. The van der Waals surface area contributed by atoms with Gasteiger partial charge >= 0.3 is 0 Å².